The Labute approximate surface area is 122 Å². The molecule has 20 heavy (non-hydrogen) atoms. The van der Waals surface area contributed by atoms with Crippen molar-refractivity contribution in [2.45, 2.75) is 50.8 Å². The molecule has 0 atom stereocenters. The van der Waals surface area contributed by atoms with E-state index in [2.05, 4.69) is 10.0 Å². The minimum absolute atomic E-state index is 0.233. The molecule has 1 aliphatic carbocycles. The van der Waals surface area contributed by atoms with Crippen LogP contribution < -0.4 is 10.0 Å². The molecule has 0 bridgehead atoms. The quantitative estimate of drug-likeness (QED) is 0.848. The van der Waals surface area contributed by atoms with Gasteiger partial charge in [0.2, 0.25) is 10.0 Å². The van der Waals surface area contributed by atoms with Crippen molar-refractivity contribution in [1.29, 1.82) is 0 Å². The molecule has 0 aliphatic heterocycles. The maximum absolute atomic E-state index is 12.4. The lowest BCUT2D eigenvalue weighted by molar-refractivity contribution is 0.486. The zero-order chi connectivity index (χ0) is 14.4. The van der Waals surface area contributed by atoms with Crippen LogP contribution in [0.5, 0.6) is 0 Å². The Kier molecular flexibility index (Phi) is 5.43. The Morgan fingerprint density at radius 1 is 1.15 bits per heavy atom. The molecule has 0 heterocycles. The second-order valence-corrected chi connectivity index (χ2v) is 7.31. The summed E-state index contributed by atoms with van der Waals surface area (Å²) in [6, 6.07) is 7.60. The third-order valence-corrected chi connectivity index (χ3v) is 5.68. The van der Waals surface area contributed by atoms with Crippen molar-refractivity contribution >= 4 is 15.7 Å². The molecule has 0 unspecified atom stereocenters. The summed E-state index contributed by atoms with van der Waals surface area (Å²) < 4.78 is 27.7. The van der Waals surface area contributed by atoms with Crippen LogP contribution >= 0.6 is 0 Å². The van der Waals surface area contributed by atoms with Gasteiger partial charge in [0, 0.05) is 6.54 Å². The molecular weight excluding hydrogens is 272 g/mol. The van der Waals surface area contributed by atoms with Crippen LogP contribution in [0.25, 0.3) is 0 Å². The van der Waals surface area contributed by atoms with Crippen LogP contribution in [0.4, 0.5) is 5.69 Å². The largest absolute Gasteiger partial charge is 0.313 e. The van der Waals surface area contributed by atoms with Gasteiger partial charge in [-0.05, 0) is 31.0 Å². The molecule has 4 nitrogen and oxygen atoms in total. The van der Waals surface area contributed by atoms with Crippen LogP contribution in [0.3, 0.4) is 0 Å². The van der Waals surface area contributed by atoms with Crippen LogP contribution in [0, 0.1) is 0 Å². The van der Waals surface area contributed by atoms with Gasteiger partial charge in [-0.2, -0.15) is 0 Å². The van der Waals surface area contributed by atoms with Gasteiger partial charge in [-0.15, -0.1) is 0 Å². The van der Waals surface area contributed by atoms with E-state index in [1.54, 1.807) is 0 Å². The summed E-state index contributed by atoms with van der Waals surface area (Å²) in [7, 11) is -3.26. The summed E-state index contributed by atoms with van der Waals surface area (Å²) in [5.74, 6) is 0. The van der Waals surface area contributed by atoms with E-state index >= 15 is 0 Å². The third-order valence-electron chi connectivity index (χ3n) is 3.83. The molecule has 1 aliphatic rings. The molecule has 0 spiro atoms. The van der Waals surface area contributed by atoms with Crippen LogP contribution in [0.15, 0.2) is 24.3 Å². The highest BCUT2D eigenvalue weighted by atomic mass is 32.2. The van der Waals surface area contributed by atoms with Crippen molar-refractivity contribution in [2.24, 2.45) is 0 Å². The highest BCUT2D eigenvalue weighted by molar-refractivity contribution is 7.93. The Hall–Kier alpha value is -1.07. The molecule has 1 saturated carbocycles. The monoisotopic (exact) mass is 296 g/mol. The first kappa shape index (κ1) is 15.3. The van der Waals surface area contributed by atoms with Crippen molar-refractivity contribution < 1.29 is 8.42 Å². The van der Waals surface area contributed by atoms with Gasteiger partial charge < -0.3 is 5.32 Å². The maximum atomic E-state index is 12.4. The Balaban J connectivity index is 2.11. The Morgan fingerprint density at radius 2 is 1.85 bits per heavy atom. The molecular formula is C15H24N2O2S. The van der Waals surface area contributed by atoms with Crippen molar-refractivity contribution in [1.82, 2.24) is 5.32 Å². The number of hydrogen-bond acceptors (Lipinski definition) is 3. The van der Waals surface area contributed by atoms with Crippen LogP contribution in [-0.2, 0) is 16.6 Å². The predicted octanol–water partition coefficient (Wildman–Crippen LogP) is 2.87. The van der Waals surface area contributed by atoms with Crippen LogP contribution in [-0.4, -0.2) is 20.2 Å². The first-order valence-corrected chi connectivity index (χ1v) is 8.98. The van der Waals surface area contributed by atoms with E-state index in [0.29, 0.717) is 12.2 Å². The average molecular weight is 296 g/mol. The number of nitrogens with one attached hydrogen (secondary N) is 2. The van der Waals surface area contributed by atoms with E-state index in [1.807, 2.05) is 31.2 Å². The number of hydrogen-bond donors (Lipinski definition) is 2. The summed E-state index contributed by atoms with van der Waals surface area (Å²) in [5, 5.41) is 3.00. The second kappa shape index (κ2) is 7.09. The first-order chi connectivity index (χ1) is 9.63. The standard InChI is InChI=1S/C15H24N2O2S/c1-2-16-12-13-8-6-7-11-15(13)17-20(18,19)14-9-4-3-5-10-14/h6-8,11,14,16-17H,2-5,9-10,12H2,1H3. The Bertz CT molecular complexity index is 522. The van der Waals surface area contributed by atoms with Gasteiger partial charge in [-0.3, -0.25) is 4.72 Å². The molecule has 0 saturated heterocycles. The summed E-state index contributed by atoms with van der Waals surface area (Å²) in [6.07, 6.45) is 4.76. The van der Waals surface area contributed by atoms with E-state index in [1.165, 1.54) is 0 Å². The minimum atomic E-state index is -3.26. The van der Waals surface area contributed by atoms with Gasteiger partial charge >= 0.3 is 0 Å². The fourth-order valence-electron chi connectivity index (χ4n) is 2.65. The SMILES string of the molecule is CCNCc1ccccc1NS(=O)(=O)C1CCCCC1. The van der Waals surface area contributed by atoms with E-state index in [-0.39, 0.29) is 5.25 Å². The zero-order valence-electron chi connectivity index (χ0n) is 12.1. The third kappa shape index (κ3) is 3.96. The number of anilines is 1. The summed E-state index contributed by atoms with van der Waals surface area (Å²) >= 11 is 0. The number of sulfonamides is 1. The van der Waals surface area contributed by atoms with Crippen LogP contribution in [0.1, 0.15) is 44.6 Å². The fourth-order valence-corrected chi connectivity index (χ4v) is 4.27. The van der Waals surface area contributed by atoms with Gasteiger partial charge in [0.1, 0.15) is 0 Å². The van der Waals surface area contributed by atoms with Crippen molar-refractivity contribution in [3.63, 3.8) is 0 Å². The number of benzene rings is 1. The van der Waals surface area contributed by atoms with E-state index in [9.17, 15) is 8.42 Å². The molecule has 1 aromatic carbocycles. The normalized spacial score (nSPS) is 17.1. The topological polar surface area (TPSA) is 58.2 Å². The molecule has 2 N–H and O–H groups in total. The van der Waals surface area contributed by atoms with E-state index < -0.39 is 10.0 Å². The average Bonchev–Trinajstić information content (AvgIpc) is 2.47. The smallest absolute Gasteiger partial charge is 0.235 e. The molecule has 0 radical (unpaired) electrons. The second-order valence-electron chi connectivity index (χ2n) is 5.34. The lowest BCUT2D eigenvalue weighted by Crippen LogP contribution is -2.30. The molecule has 1 aromatic rings. The summed E-state index contributed by atoms with van der Waals surface area (Å²) in [6.45, 7) is 3.58. The van der Waals surface area contributed by atoms with Gasteiger partial charge in [0.15, 0.2) is 0 Å². The minimum Gasteiger partial charge on any atom is -0.313 e. The molecule has 1 fully saturated rings. The maximum Gasteiger partial charge on any atom is 0.235 e. The van der Waals surface area contributed by atoms with Crippen molar-refractivity contribution in [2.75, 3.05) is 11.3 Å². The highest BCUT2D eigenvalue weighted by Gasteiger charge is 2.27. The molecule has 0 amide bonds. The summed E-state index contributed by atoms with van der Waals surface area (Å²) in [5.41, 5.74) is 1.70. The summed E-state index contributed by atoms with van der Waals surface area (Å²) in [4.78, 5) is 0. The zero-order valence-corrected chi connectivity index (χ0v) is 12.9. The van der Waals surface area contributed by atoms with Crippen LogP contribution in [0.2, 0.25) is 0 Å². The molecule has 5 heteroatoms. The molecule has 2 rings (SSSR count). The van der Waals surface area contributed by atoms with Gasteiger partial charge in [-0.1, -0.05) is 44.4 Å². The van der Waals surface area contributed by atoms with Gasteiger partial charge in [0.05, 0.1) is 10.9 Å². The number of rotatable bonds is 6. The highest BCUT2D eigenvalue weighted by Crippen LogP contribution is 2.26. The van der Waals surface area contributed by atoms with Gasteiger partial charge in [0.25, 0.3) is 0 Å². The lowest BCUT2D eigenvalue weighted by atomic mass is 10.0. The van der Waals surface area contributed by atoms with Gasteiger partial charge in [-0.25, -0.2) is 8.42 Å². The number of para-hydroxylation sites is 1. The molecule has 112 valence electrons. The predicted molar refractivity (Wildman–Crippen MR) is 83.2 cm³/mol. The lowest BCUT2D eigenvalue weighted by Gasteiger charge is -2.23. The van der Waals surface area contributed by atoms with E-state index in [4.69, 9.17) is 0 Å². The Morgan fingerprint density at radius 3 is 2.55 bits per heavy atom. The van der Waals surface area contributed by atoms with Crippen molar-refractivity contribution in [3.05, 3.63) is 29.8 Å². The fraction of sp³-hybridized carbons (Fsp3) is 0.600. The first-order valence-electron chi connectivity index (χ1n) is 7.43. The van der Waals surface area contributed by atoms with E-state index in [0.717, 1.165) is 44.2 Å². The van der Waals surface area contributed by atoms with Crippen molar-refractivity contribution in [3.8, 4) is 0 Å². The molecule has 0 aromatic heterocycles.